The molecular weight excluding hydrogens is 650 g/mol. The average Bonchev–Trinajstić information content (AvgIpc) is 2.82. The van der Waals surface area contributed by atoms with Gasteiger partial charge >= 0.3 is 12.1 Å². The van der Waals surface area contributed by atoms with E-state index in [2.05, 4.69) is 37.9 Å². The van der Waals surface area contributed by atoms with Crippen LogP contribution < -0.4 is 15.4 Å². The second kappa shape index (κ2) is 15.5. The lowest BCUT2D eigenvalue weighted by Gasteiger charge is -2.29. The standard InChI is InChI=1S/C26H33F3IN3O5S/c1-18(2)17-39(36,37)32-12-11-24(34)33-22(14-19-7-4-3-5-8-19)23(38-25(35)26(27,28)29)16-31-15-20-9-6-10-21(30)13-20/h3-10,13,18,22-23,31-32H,11-12,14-17H2,1-2H3,(H,33,34)/t22-,23+/m0/s1. The van der Waals surface area contributed by atoms with Crippen LogP contribution in [0.3, 0.4) is 0 Å². The molecule has 2 aromatic carbocycles. The Balaban J connectivity index is 2.18. The third kappa shape index (κ3) is 13.1. The van der Waals surface area contributed by atoms with Crippen molar-refractivity contribution in [1.82, 2.24) is 15.4 Å². The molecule has 2 rings (SSSR count). The number of alkyl halides is 3. The summed E-state index contributed by atoms with van der Waals surface area (Å²) in [5, 5.41) is 5.66. The van der Waals surface area contributed by atoms with Crippen molar-refractivity contribution in [2.45, 2.75) is 51.6 Å². The Morgan fingerprint density at radius 2 is 1.69 bits per heavy atom. The normalized spacial score (nSPS) is 13.6. The molecule has 8 nitrogen and oxygen atoms in total. The highest BCUT2D eigenvalue weighted by Crippen LogP contribution is 2.19. The summed E-state index contributed by atoms with van der Waals surface area (Å²) < 4.78 is 71.6. The van der Waals surface area contributed by atoms with Crippen molar-refractivity contribution in [3.8, 4) is 0 Å². The van der Waals surface area contributed by atoms with Gasteiger partial charge in [-0.15, -0.1) is 0 Å². The lowest BCUT2D eigenvalue weighted by atomic mass is 10.0. The quantitative estimate of drug-likeness (QED) is 0.196. The Kier molecular flexibility index (Phi) is 13.1. The summed E-state index contributed by atoms with van der Waals surface area (Å²) in [5.74, 6) is -3.18. The van der Waals surface area contributed by atoms with E-state index in [1.807, 2.05) is 24.3 Å². The molecule has 0 radical (unpaired) electrons. The number of hydrogen-bond donors (Lipinski definition) is 3. The average molecular weight is 684 g/mol. The SMILES string of the molecule is CC(C)CS(=O)(=O)NCCC(=O)N[C@@H](Cc1ccccc1)[C@@H](CNCc1cccc(I)c1)OC(=O)C(F)(F)F. The van der Waals surface area contributed by atoms with Crippen molar-refractivity contribution in [3.05, 3.63) is 69.3 Å². The molecule has 0 saturated carbocycles. The van der Waals surface area contributed by atoms with Crippen molar-refractivity contribution in [3.63, 3.8) is 0 Å². The fourth-order valence-corrected chi connectivity index (χ4v) is 5.73. The highest BCUT2D eigenvalue weighted by Gasteiger charge is 2.43. The van der Waals surface area contributed by atoms with Crippen LogP contribution in [0.15, 0.2) is 54.6 Å². The van der Waals surface area contributed by atoms with Gasteiger partial charge in [0.25, 0.3) is 0 Å². The summed E-state index contributed by atoms with van der Waals surface area (Å²) in [6, 6.07) is 15.2. The van der Waals surface area contributed by atoms with Gasteiger partial charge in [0.1, 0.15) is 6.10 Å². The lowest BCUT2D eigenvalue weighted by Crippen LogP contribution is -2.52. The molecule has 13 heteroatoms. The zero-order valence-corrected chi connectivity index (χ0v) is 24.6. The molecular formula is C26H33F3IN3O5S. The lowest BCUT2D eigenvalue weighted by molar-refractivity contribution is -0.206. The predicted molar refractivity (Wildman–Crippen MR) is 150 cm³/mol. The number of esters is 1. The van der Waals surface area contributed by atoms with E-state index in [1.54, 1.807) is 44.2 Å². The van der Waals surface area contributed by atoms with Crippen molar-refractivity contribution >= 4 is 44.5 Å². The van der Waals surface area contributed by atoms with Crippen LogP contribution in [0.2, 0.25) is 0 Å². The van der Waals surface area contributed by atoms with Gasteiger partial charge in [0.2, 0.25) is 15.9 Å². The number of carbonyl (C=O) groups is 2. The third-order valence-electron chi connectivity index (χ3n) is 5.37. The minimum absolute atomic E-state index is 0.0758. The molecule has 0 aliphatic rings. The van der Waals surface area contributed by atoms with E-state index < -0.39 is 40.2 Å². The Hall–Kier alpha value is -2.23. The van der Waals surface area contributed by atoms with Gasteiger partial charge in [0, 0.05) is 29.6 Å². The van der Waals surface area contributed by atoms with Crippen molar-refractivity contribution in [1.29, 1.82) is 0 Å². The van der Waals surface area contributed by atoms with Crippen LogP contribution in [0.5, 0.6) is 0 Å². The Morgan fingerprint density at radius 3 is 2.31 bits per heavy atom. The molecule has 2 atom stereocenters. The van der Waals surface area contributed by atoms with Crippen molar-refractivity contribution in [2.24, 2.45) is 5.92 Å². The maximum absolute atomic E-state index is 13.1. The Bertz CT molecular complexity index is 1180. The number of rotatable bonds is 15. The molecule has 0 aromatic heterocycles. The molecule has 0 aliphatic carbocycles. The van der Waals surface area contributed by atoms with E-state index in [9.17, 15) is 31.2 Å². The molecule has 1 amide bonds. The van der Waals surface area contributed by atoms with Gasteiger partial charge in [-0.2, -0.15) is 13.2 Å². The molecule has 216 valence electrons. The maximum atomic E-state index is 13.1. The van der Waals surface area contributed by atoms with E-state index >= 15 is 0 Å². The number of hydrogen-bond acceptors (Lipinski definition) is 6. The first-order valence-corrected chi connectivity index (χ1v) is 15.0. The number of carbonyl (C=O) groups excluding carboxylic acids is 2. The van der Waals surface area contributed by atoms with Crippen molar-refractivity contribution in [2.75, 3.05) is 18.8 Å². The summed E-state index contributed by atoms with van der Waals surface area (Å²) >= 11 is 2.14. The van der Waals surface area contributed by atoms with Crippen LogP contribution >= 0.6 is 22.6 Å². The zero-order chi connectivity index (χ0) is 29.1. The second-order valence-corrected chi connectivity index (χ2v) is 12.5. The topological polar surface area (TPSA) is 114 Å². The van der Waals surface area contributed by atoms with E-state index in [-0.39, 0.29) is 37.6 Å². The summed E-state index contributed by atoms with van der Waals surface area (Å²) in [5.41, 5.74) is 1.58. The number of sulfonamides is 1. The van der Waals surface area contributed by atoms with Crippen LogP contribution in [0.1, 0.15) is 31.4 Å². The minimum Gasteiger partial charge on any atom is -0.452 e. The van der Waals surface area contributed by atoms with E-state index in [0.29, 0.717) is 12.1 Å². The highest BCUT2D eigenvalue weighted by atomic mass is 127. The fraction of sp³-hybridized carbons (Fsp3) is 0.462. The van der Waals surface area contributed by atoms with Crippen LogP contribution in [0, 0.1) is 9.49 Å². The van der Waals surface area contributed by atoms with E-state index in [1.165, 1.54) is 0 Å². The maximum Gasteiger partial charge on any atom is 0.490 e. The molecule has 39 heavy (non-hydrogen) atoms. The van der Waals surface area contributed by atoms with Gasteiger partial charge < -0.3 is 15.4 Å². The Labute approximate surface area is 240 Å². The predicted octanol–water partition coefficient (Wildman–Crippen LogP) is 3.55. The molecule has 0 heterocycles. The molecule has 2 aromatic rings. The van der Waals surface area contributed by atoms with Crippen LogP contribution in [-0.2, 0) is 37.3 Å². The van der Waals surface area contributed by atoms with Gasteiger partial charge in [-0.1, -0.05) is 56.3 Å². The number of nitrogens with one attached hydrogen (secondary N) is 3. The Morgan fingerprint density at radius 1 is 1.03 bits per heavy atom. The first-order valence-electron chi connectivity index (χ1n) is 12.3. The molecule has 0 bridgehead atoms. The highest BCUT2D eigenvalue weighted by molar-refractivity contribution is 14.1. The summed E-state index contributed by atoms with van der Waals surface area (Å²) in [6.07, 6.45) is -6.77. The van der Waals surface area contributed by atoms with E-state index in [0.717, 1.165) is 9.13 Å². The van der Waals surface area contributed by atoms with Gasteiger partial charge in [0.15, 0.2) is 0 Å². The van der Waals surface area contributed by atoms with Gasteiger partial charge in [-0.25, -0.2) is 17.9 Å². The minimum atomic E-state index is -5.22. The smallest absolute Gasteiger partial charge is 0.452 e. The third-order valence-corrected chi connectivity index (χ3v) is 7.79. The van der Waals surface area contributed by atoms with E-state index in [4.69, 9.17) is 4.74 Å². The number of benzene rings is 2. The first-order chi connectivity index (χ1) is 18.2. The van der Waals surface area contributed by atoms with Crippen LogP contribution in [-0.4, -0.2) is 57.5 Å². The molecule has 0 saturated heterocycles. The zero-order valence-electron chi connectivity index (χ0n) is 21.6. The van der Waals surface area contributed by atoms with Gasteiger partial charge in [0.05, 0.1) is 11.8 Å². The van der Waals surface area contributed by atoms with Gasteiger partial charge in [-0.3, -0.25) is 4.79 Å². The second-order valence-electron chi connectivity index (χ2n) is 9.39. The molecule has 0 spiro atoms. The fourth-order valence-electron chi connectivity index (χ4n) is 3.72. The summed E-state index contributed by atoms with van der Waals surface area (Å²) in [7, 11) is -3.58. The number of amides is 1. The molecule has 0 fully saturated rings. The van der Waals surface area contributed by atoms with Crippen LogP contribution in [0.4, 0.5) is 13.2 Å². The van der Waals surface area contributed by atoms with Crippen LogP contribution in [0.25, 0.3) is 0 Å². The molecule has 3 N–H and O–H groups in total. The largest absolute Gasteiger partial charge is 0.490 e. The summed E-state index contributed by atoms with van der Waals surface area (Å²) in [4.78, 5) is 24.5. The number of ether oxygens (including phenoxy) is 1. The summed E-state index contributed by atoms with van der Waals surface area (Å²) in [6.45, 7) is 3.42. The number of halogens is 4. The van der Waals surface area contributed by atoms with Crippen molar-refractivity contribution < 1.29 is 35.9 Å². The first kappa shape index (κ1) is 33.0. The monoisotopic (exact) mass is 683 g/mol. The molecule has 0 unspecified atom stereocenters. The van der Waals surface area contributed by atoms with Gasteiger partial charge in [-0.05, 0) is 58.2 Å². The molecule has 0 aliphatic heterocycles.